The zero-order chi connectivity index (χ0) is 20.1. The zero-order valence-corrected chi connectivity index (χ0v) is 16.9. The van der Waals surface area contributed by atoms with E-state index in [4.69, 9.17) is 5.11 Å². The Bertz CT molecular complexity index is 885. The molecule has 0 saturated heterocycles. The summed E-state index contributed by atoms with van der Waals surface area (Å²) in [5.74, 6) is -0.321. The van der Waals surface area contributed by atoms with Crippen LogP contribution in [0.15, 0.2) is 29.6 Å². The Balaban J connectivity index is 1.56. The number of carbonyl (C=O) groups excluding carboxylic acids is 1. The van der Waals surface area contributed by atoms with E-state index in [0.717, 1.165) is 10.6 Å². The lowest BCUT2D eigenvalue weighted by molar-refractivity contribution is -0.146. The molecule has 1 fully saturated rings. The number of aromatic nitrogens is 1. The van der Waals surface area contributed by atoms with Crippen molar-refractivity contribution in [1.29, 1.82) is 0 Å². The largest absolute Gasteiger partial charge is 0.481 e. The fourth-order valence-corrected chi connectivity index (χ4v) is 3.50. The van der Waals surface area contributed by atoms with Gasteiger partial charge >= 0.3 is 12.0 Å². The van der Waals surface area contributed by atoms with Crippen molar-refractivity contribution in [3.63, 3.8) is 0 Å². The molecule has 1 aromatic carbocycles. The van der Waals surface area contributed by atoms with Gasteiger partial charge in [0.2, 0.25) is 0 Å². The molecule has 0 atom stereocenters. The fourth-order valence-electron chi connectivity index (χ4n) is 2.71. The van der Waals surface area contributed by atoms with Crippen LogP contribution in [0.2, 0.25) is 0 Å². The molecule has 1 aromatic heterocycles. The molecular weight excluding hydrogens is 374 g/mol. The van der Waals surface area contributed by atoms with E-state index in [-0.39, 0.29) is 6.54 Å². The molecule has 2 amide bonds. The van der Waals surface area contributed by atoms with Gasteiger partial charge in [0.1, 0.15) is 5.01 Å². The minimum absolute atomic E-state index is 0.0428. The number of nitrogens with zero attached hydrogens (tertiary/aromatic N) is 1. The molecule has 0 unspecified atom stereocenters. The number of anilines is 1. The summed E-state index contributed by atoms with van der Waals surface area (Å²) in [6, 6.07) is 7.03. The highest BCUT2D eigenvalue weighted by atomic mass is 32.1. The predicted octanol–water partition coefficient (Wildman–Crippen LogP) is 4.81. The number of rotatable bonds is 7. The van der Waals surface area contributed by atoms with Crippen molar-refractivity contribution >= 4 is 41.2 Å². The van der Waals surface area contributed by atoms with Gasteiger partial charge in [0.05, 0.1) is 11.1 Å². The van der Waals surface area contributed by atoms with Crippen molar-refractivity contribution in [2.45, 2.75) is 39.0 Å². The molecule has 28 heavy (non-hydrogen) atoms. The number of carbonyl (C=O) groups is 2. The minimum atomic E-state index is -1.02. The van der Waals surface area contributed by atoms with E-state index in [1.54, 1.807) is 31.3 Å². The standard InChI is InChI=1S/C21H25N3O3S/c1-21(2,19(25)26)13-22-20(27)23-16-8-3-5-14(11-16)9-10-18-24-17(12-28-18)15-6-4-7-15/h3,5,8-12,15H,4,6-7,13H2,1-2H3,(H,25,26)(H2,22,23,27)/b10-9+. The maximum atomic E-state index is 12.0. The van der Waals surface area contributed by atoms with E-state index in [9.17, 15) is 9.59 Å². The van der Waals surface area contributed by atoms with Crippen LogP contribution in [-0.4, -0.2) is 28.6 Å². The Morgan fingerprint density at radius 2 is 2.11 bits per heavy atom. The summed E-state index contributed by atoms with van der Waals surface area (Å²) in [6.07, 6.45) is 7.74. The van der Waals surface area contributed by atoms with Crippen LogP contribution in [0.3, 0.4) is 0 Å². The highest BCUT2D eigenvalue weighted by Gasteiger charge is 2.27. The van der Waals surface area contributed by atoms with Gasteiger partial charge in [-0.1, -0.05) is 24.6 Å². The second kappa shape index (κ2) is 8.56. The van der Waals surface area contributed by atoms with Crippen LogP contribution in [-0.2, 0) is 4.79 Å². The van der Waals surface area contributed by atoms with Gasteiger partial charge in [-0.2, -0.15) is 0 Å². The molecule has 7 heteroatoms. The van der Waals surface area contributed by atoms with E-state index in [1.807, 2.05) is 30.4 Å². The second-order valence-corrected chi connectivity index (χ2v) is 8.58. The molecule has 0 bridgehead atoms. The van der Waals surface area contributed by atoms with E-state index in [0.29, 0.717) is 11.6 Å². The van der Waals surface area contributed by atoms with Gasteiger partial charge in [-0.15, -0.1) is 11.3 Å². The minimum Gasteiger partial charge on any atom is -0.481 e. The lowest BCUT2D eigenvalue weighted by Crippen LogP contribution is -2.40. The SMILES string of the molecule is CC(C)(CNC(=O)Nc1cccc(/C=C/c2nc(C3CCC3)cs2)c1)C(=O)O. The van der Waals surface area contributed by atoms with Crippen molar-refractivity contribution in [3.05, 3.63) is 45.9 Å². The van der Waals surface area contributed by atoms with Crippen LogP contribution in [0, 0.1) is 5.41 Å². The predicted molar refractivity (Wildman–Crippen MR) is 113 cm³/mol. The molecule has 0 radical (unpaired) electrons. The van der Waals surface area contributed by atoms with Crippen LogP contribution in [0.4, 0.5) is 10.5 Å². The normalized spacial score (nSPS) is 14.6. The third kappa shape index (κ3) is 5.19. The lowest BCUT2D eigenvalue weighted by atomic mass is 9.83. The number of carboxylic acids is 1. The maximum Gasteiger partial charge on any atom is 0.319 e. The summed E-state index contributed by atoms with van der Waals surface area (Å²) in [5.41, 5.74) is 1.77. The molecule has 0 spiro atoms. The van der Waals surface area contributed by atoms with Gasteiger partial charge in [-0.25, -0.2) is 9.78 Å². The van der Waals surface area contributed by atoms with E-state index in [1.165, 1.54) is 25.0 Å². The van der Waals surface area contributed by atoms with Crippen molar-refractivity contribution in [1.82, 2.24) is 10.3 Å². The number of hydrogen-bond acceptors (Lipinski definition) is 4. The number of amides is 2. The average molecular weight is 400 g/mol. The highest BCUT2D eigenvalue weighted by molar-refractivity contribution is 7.10. The number of hydrogen-bond donors (Lipinski definition) is 3. The van der Waals surface area contributed by atoms with E-state index < -0.39 is 17.4 Å². The summed E-state index contributed by atoms with van der Waals surface area (Å²) in [6.45, 7) is 3.17. The molecule has 1 aliphatic rings. The Morgan fingerprint density at radius 1 is 1.32 bits per heavy atom. The molecule has 1 aliphatic carbocycles. The number of thiazole rings is 1. The van der Waals surface area contributed by atoms with Crippen LogP contribution < -0.4 is 10.6 Å². The molecule has 3 rings (SSSR count). The van der Waals surface area contributed by atoms with Crippen molar-refractivity contribution in [3.8, 4) is 0 Å². The van der Waals surface area contributed by atoms with Crippen LogP contribution in [0.1, 0.15) is 55.3 Å². The highest BCUT2D eigenvalue weighted by Crippen LogP contribution is 2.36. The quantitative estimate of drug-likeness (QED) is 0.623. The van der Waals surface area contributed by atoms with Crippen molar-refractivity contribution < 1.29 is 14.7 Å². The molecule has 1 heterocycles. The van der Waals surface area contributed by atoms with E-state index in [2.05, 4.69) is 21.0 Å². The molecular formula is C21H25N3O3S. The van der Waals surface area contributed by atoms with Crippen LogP contribution in [0.25, 0.3) is 12.2 Å². The van der Waals surface area contributed by atoms with Crippen molar-refractivity contribution in [2.75, 3.05) is 11.9 Å². The van der Waals surface area contributed by atoms with E-state index >= 15 is 0 Å². The molecule has 2 aromatic rings. The molecule has 148 valence electrons. The smallest absolute Gasteiger partial charge is 0.319 e. The first-order valence-electron chi connectivity index (χ1n) is 9.35. The number of carboxylic acid groups (broad SMARTS) is 1. The van der Waals surface area contributed by atoms with Gasteiger partial charge in [0.25, 0.3) is 0 Å². The van der Waals surface area contributed by atoms with Gasteiger partial charge in [-0.05, 0) is 50.5 Å². The Morgan fingerprint density at radius 3 is 2.79 bits per heavy atom. The first kappa shape index (κ1) is 20.1. The summed E-state index contributed by atoms with van der Waals surface area (Å²) in [4.78, 5) is 27.8. The molecule has 1 saturated carbocycles. The maximum absolute atomic E-state index is 12.0. The number of benzene rings is 1. The molecule has 0 aliphatic heterocycles. The zero-order valence-electron chi connectivity index (χ0n) is 16.1. The van der Waals surface area contributed by atoms with Gasteiger partial charge < -0.3 is 15.7 Å². The van der Waals surface area contributed by atoms with Crippen molar-refractivity contribution in [2.24, 2.45) is 5.41 Å². The first-order valence-corrected chi connectivity index (χ1v) is 10.2. The topological polar surface area (TPSA) is 91.3 Å². The molecule has 3 N–H and O–H groups in total. The summed E-state index contributed by atoms with van der Waals surface area (Å²) >= 11 is 1.65. The van der Waals surface area contributed by atoms with Gasteiger partial charge in [0.15, 0.2) is 0 Å². The van der Waals surface area contributed by atoms with Gasteiger partial charge in [0, 0.05) is 23.5 Å². The van der Waals surface area contributed by atoms with Gasteiger partial charge in [-0.3, -0.25) is 4.79 Å². The number of urea groups is 1. The number of aliphatic carboxylic acids is 1. The summed E-state index contributed by atoms with van der Waals surface area (Å²) < 4.78 is 0. The summed E-state index contributed by atoms with van der Waals surface area (Å²) in [7, 11) is 0. The Hall–Kier alpha value is -2.67. The molecule has 6 nitrogen and oxygen atoms in total. The van der Waals surface area contributed by atoms with Crippen LogP contribution in [0.5, 0.6) is 0 Å². The average Bonchev–Trinajstić information content (AvgIpc) is 3.05. The second-order valence-electron chi connectivity index (χ2n) is 7.69. The summed E-state index contributed by atoms with van der Waals surface area (Å²) in [5, 5.41) is 17.6. The monoisotopic (exact) mass is 399 g/mol. The third-order valence-corrected chi connectivity index (χ3v) is 5.72. The third-order valence-electron chi connectivity index (χ3n) is 4.90. The fraction of sp³-hybridized carbons (Fsp3) is 0.381. The van der Waals surface area contributed by atoms with Crippen LogP contribution >= 0.6 is 11.3 Å². The first-order chi connectivity index (χ1) is 13.3. The number of nitrogens with one attached hydrogen (secondary N) is 2. The lowest BCUT2D eigenvalue weighted by Gasteiger charge is -2.22. The Kier molecular flexibility index (Phi) is 6.14. The Labute approximate surface area is 168 Å².